The van der Waals surface area contributed by atoms with Crippen LogP contribution in [0.4, 0.5) is 11.4 Å². The summed E-state index contributed by atoms with van der Waals surface area (Å²) in [6.07, 6.45) is 3.85. The summed E-state index contributed by atoms with van der Waals surface area (Å²) in [5, 5.41) is 13.4. The Kier molecular flexibility index (Phi) is 2.89. The first kappa shape index (κ1) is 12.7. The van der Waals surface area contributed by atoms with Gasteiger partial charge in [0, 0.05) is 23.3 Å². The highest BCUT2D eigenvalue weighted by atomic mass is 16.3. The van der Waals surface area contributed by atoms with Crippen LogP contribution in [0.5, 0.6) is 0 Å². The number of nitrogens with two attached hydrogens (primary N) is 1. The molecule has 2 aliphatic carbocycles. The van der Waals surface area contributed by atoms with Crippen LogP contribution in [-0.4, -0.2) is 17.8 Å². The second kappa shape index (κ2) is 4.78. The second-order valence-electron chi connectivity index (χ2n) is 6.16. The highest BCUT2D eigenvalue weighted by molar-refractivity contribution is 5.82. The number of nitrogen functional groups attached to an aromatic ring is 1. The topological polar surface area (TPSA) is 58.3 Å². The predicted molar refractivity (Wildman–Crippen MR) is 86.5 cm³/mol. The molecule has 1 atom stereocenters. The van der Waals surface area contributed by atoms with Crippen LogP contribution in [0, 0.1) is 0 Å². The van der Waals surface area contributed by atoms with Crippen LogP contribution in [0.1, 0.15) is 36.3 Å². The van der Waals surface area contributed by atoms with E-state index >= 15 is 0 Å². The Bertz CT molecular complexity index is 692. The van der Waals surface area contributed by atoms with Crippen molar-refractivity contribution in [1.82, 2.24) is 0 Å². The molecule has 21 heavy (non-hydrogen) atoms. The van der Waals surface area contributed by atoms with Crippen molar-refractivity contribution in [2.45, 2.75) is 31.2 Å². The Morgan fingerprint density at radius 1 is 1.05 bits per heavy atom. The fourth-order valence-electron chi connectivity index (χ4n) is 3.45. The first-order valence-corrected chi connectivity index (χ1v) is 7.67. The number of aliphatic hydroxyl groups is 1. The highest BCUT2D eigenvalue weighted by Crippen LogP contribution is 2.46. The molecule has 3 heteroatoms. The lowest BCUT2D eigenvalue weighted by atomic mass is 9.92. The molecular formula is C18H20N2O. The Labute approximate surface area is 124 Å². The Morgan fingerprint density at radius 2 is 1.76 bits per heavy atom. The lowest BCUT2D eigenvalue weighted by Crippen LogP contribution is -2.26. The molecule has 1 saturated carbocycles. The third-order valence-corrected chi connectivity index (χ3v) is 4.83. The Balaban J connectivity index is 1.75. The van der Waals surface area contributed by atoms with Gasteiger partial charge in [0.2, 0.25) is 0 Å². The SMILES string of the molecule is Nc1ccc2c(c1)C(CO)c1cc(NC3CCC3)ccc1-2. The fourth-order valence-corrected chi connectivity index (χ4v) is 3.45. The van der Waals surface area contributed by atoms with E-state index < -0.39 is 0 Å². The number of nitrogens with one attached hydrogen (secondary N) is 1. The van der Waals surface area contributed by atoms with Crippen LogP contribution in [0.3, 0.4) is 0 Å². The van der Waals surface area contributed by atoms with Gasteiger partial charge in [0.05, 0.1) is 6.61 Å². The van der Waals surface area contributed by atoms with Gasteiger partial charge in [-0.15, -0.1) is 0 Å². The molecule has 2 aromatic rings. The number of hydrogen-bond donors (Lipinski definition) is 3. The third-order valence-electron chi connectivity index (χ3n) is 4.83. The third kappa shape index (κ3) is 2.00. The fraction of sp³-hybridized carbons (Fsp3) is 0.333. The lowest BCUT2D eigenvalue weighted by molar-refractivity contribution is 0.282. The Morgan fingerprint density at radius 3 is 2.43 bits per heavy atom. The molecule has 0 saturated heterocycles. The van der Waals surface area contributed by atoms with Crippen molar-refractivity contribution < 1.29 is 5.11 Å². The van der Waals surface area contributed by atoms with Gasteiger partial charge in [-0.25, -0.2) is 0 Å². The van der Waals surface area contributed by atoms with E-state index in [0.717, 1.165) is 16.9 Å². The predicted octanol–water partition coefficient (Wildman–Crippen LogP) is 3.34. The summed E-state index contributed by atoms with van der Waals surface area (Å²) in [6.45, 7) is 0.121. The van der Waals surface area contributed by atoms with Gasteiger partial charge in [-0.2, -0.15) is 0 Å². The average molecular weight is 280 g/mol. The van der Waals surface area contributed by atoms with E-state index in [1.807, 2.05) is 12.1 Å². The van der Waals surface area contributed by atoms with E-state index in [2.05, 4.69) is 29.6 Å². The molecule has 2 aromatic carbocycles. The summed E-state index contributed by atoms with van der Waals surface area (Å²) >= 11 is 0. The summed E-state index contributed by atoms with van der Waals surface area (Å²) < 4.78 is 0. The van der Waals surface area contributed by atoms with E-state index in [0.29, 0.717) is 6.04 Å². The van der Waals surface area contributed by atoms with Crippen LogP contribution >= 0.6 is 0 Å². The summed E-state index contributed by atoms with van der Waals surface area (Å²) in [7, 11) is 0. The molecule has 0 amide bonds. The highest BCUT2D eigenvalue weighted by Gasteiger charge is 2.29. The van der Waals surface area contributed by atoms with Gasteiger partial charge in [0.15, 0.2) is 0 Å². The van der Waals surface area contributed by atoms with E-state index in [9.17, 15) is 5.11 Å². The zero-order valence-electron chi connectivity index (χ0n) is 12.0. The molecule has 4 rings (SSSR count). The molecule has 1 fully saturated rings. The van der Waals surface area contributed by atoms with E-state index in [1.54, 1.807) is 0 Å². The number of fused-ring (bicyclic) bond motifs is 3. The van der Waals surface area contributed by atoms with E-state index in [-0.39, 0.29) is 12.5 Å². The molecule has 108 valence electrons. The van der Waals surface area contributed by atoms with Crippen molar-refractivity contribution in [3.8, 4) is 11.1 Å². The van der Waals surface area contributed by atoms with Gasteiger partial charge >= 0.3 is 0 Å². The molecule has 1 unspecified atom stereocenters. The normalized spacial score (nSPS) is 19.8. The molecule has 0 heterocycles. The maximum Gasteiger partial charge on any atom is 0.0540 e. The van der Waals surface area contributed by atoms with Crippen LogP contribution in [0.25, 0.3) is 11.1 Å². The molecule has 0 radical (unpaired) electrons. The molecular weight excluding hydrogens is 260 g/mol. The minimum absolute atomic E-state index is 0.0432. The van der Waals surface area contributed by atoms with Crippen molar-refractivity contribution in [2.75, 3.05) is 17.7 Å². The molecule has 0 bridgehead atoms. The summed E-state index contributed by atoms with van der Waals surface area (Å²) in [4.78, 5) is 0. The van der Waals surface area contributed by atoms with Gasteiger partial charge in [-0.1, -0.05) is 12.1 Å². The monoisotopic (exact) mass is 280 g/mol. The molecule has 4 N–H and O–H groups in total. The smallest absolute Gasteiger partial charge is 0.0540 e. The lowest BCUT2D eigenvalue weighted by Gasteiger charge is -2.28. The zero-order chi connectivity index (χ0) is 14.4. The largest absolute Gasteiger partial charge is 0.399 e. The van der Waals surface area contributed by atoms with Crippen molar-refractivity contribution in [1.29, 1.82) is 0 Å². The Hall–Kier alpha value is -2.00. The van der Waals surface area contributed by atoms with Crippen molar-refractivity contribution >= 4 is 11.4 Å². The zero-order valence-corrected chi connectivity index (χ0v) is 12.0. The summed E-state index contributed by atoms with van der Waals surface area (Å²) in [5.74, 6) is 0.0432. The van der Waals surface area contributed by atoms with Gasteiger partial charge < -0.3 is 16.2 Å². The molecule has 3 nitrogen and oxygen atoms in total. The minimum Gasteiger partial charge on any atom is -0.399 e. The van der Waals surface area contributed by atoms with Crippen LogP contribution in [0.15, 0.2) is 36.4 Å². The van der Waals surface area contributed by atoms with Crippen LogP contribution < -0.4 is 11.1 Å². The van der Waals surface area contributed by atoms with Crippen molar-refractivity contribution in [3.63, 3.8) is 0 Å². The van der Waals surface area contributed by atoms with Gasteiger partial charge in [0.1, 0.15) is 0 Å². The first-order valence-electron chi connectivity index (χ1n) is 7.67. The maximum atomic E-state index is 9.82. The first-order chi connectivity index (χ1) is 10.3. The van der Waals surface area contributed by atoms with E-state index in [4.69, 9.17) is 5.73 Å². The number of anilines is 2. The molecule has 2 aliphatic rings. The summed E-state index contributed by atoms with van der Waals surface area (Å²) in [6, 6.07) is 13.1. The quantitative estimate of drug-likeness (QED) is 0.756. The standard InChI is InChI=1S/C18H20N2O/c19-11-4-6-14-15-7-5-13(20-12-2-1-3-12)9-17(15)18(10-21)16(14)8-11/h4-9,12,18,20-21H,1-3,10,19H2. The average Bonchev–Trinajstić information content (AvgIpc) is 2.74. The number of aliphatic hydroxyl groups excluding tert-OH is 1. The van der Waals surface area contributed by atoms with Gasteiger partial charge in [0.25, 0.3) is 0 Å². The summed E-state index contributed by atoms with van der Waals surface area (Å²) in [5.41, 5.74) is 12.6. The maximum absolute atomic E-state index is 9.82. The van der Waals surface area contributed by atoms with Gasteiger partial charge in [-0.3, -0.25) is 0 Å². The number of hydrogen-bond acceptors (Lipinski definition) is 3. The molecule has 0 aromatic heterocycles. The van der Waals surface area contributed by atoms with Crippen LogP contribution in [0.2, 0.25) is 0 Å². The second-order valence-corrected chi connectivity index (χ2v) is 6.16. The van der Waals surface area contributed by atoms with Crippen LogP contribution in [-0.2, 0) is 0 Å². The van der Waals surface area contributed by atoms with E-state index in [1.165, 1.54) is 36.0 Å². The molecule has 0 aliphatic heterocycles. The number of rotatable bonds is 3. The van der Waals surface area contributed by atoms with Gasteiger partial charge in [-0.05, 0) is 65.8 Å². The minimum atomic E-state index is 0.0432. The molecule has 0 spiro atoms. The van der Waals surface area contributed by atoms with Crippen molar-refractivity contribution in [2.24, 2.45) is 0 Å². The van der Waals surface area contributed by atoms with Crippen molar-refractivity contribution in [3.05, 3.63) is 47.5 Å². The number of benzene rings is 2.